The number of benzene rings is 2. The predicted octanol–water partition coefficient (Wildman–Crippen LogP) is 2.22. The molecule has 2 heterocycles. The molecule has 1 amide bonds. The van der Waals surface area contributed by atoms with Crippen molar-refractivity contribution in [2.45, 2.75) is 6.61 Å². The van der Waals surface area contributed by atoms with Crippen LogP contribution in [-0.2, 0) is 11.4 Å². The van der Waals surface area contributed by atoms with Crippen molar-refractivity contribution in [3.63, 3.8) is 0 Å². The summed E-state index contributed by atoms with van der Waals surface area (Å²) in [6.45, 7) is -0.713. The summed E-state index contributed by atoms with van der Waals surface area (Å²) in [5.41, 5.74) is 0.593. The topological polar surface area (TPSA) is 140 Å². The Balaban J connectivity index is 1.85. The van der Waals surface area contributed by atoms with E-state index in [0.29, 0.717) is 17.0 Å². The van der Waals surface area contributed by atoms with Crippen molar-refractivity contribution >= 4 is 22.8 Å². The van der Waals surface area contributed by atoms with Crippen LogP contribution in [-0.4, -0.2) is 45.5 Å². The van der Waals surface area contributed by atoms with Gasteiger partial charge in [0.05, 0.1) is 24.5 Å². The van der Waals surface area contributed by atoms with Crippen LogP contribution in [0.5, 0.6) is 11.5 Å². The van der Waals surface area contributed by atoms with E-state index in [0.717, 1.165) is 10.3 Å². The molecule has 0 fully saturated rings. The molecule has 0 aliphatic heterocycles. The Labute approximate surface area is 199 Å². The van der Waals surface area contributed by atoms with Crippen LogP contribution in [0.2, 0.25) is 0 Å². The van der Waals surface area contributed by atoms with Gasteiger partial charge in [0.25, 0.3) is 11.5 Å². The Morgan fingerprint density at radius 2 is 1.86 bits per heavy atom. The van der Waals surface area contributed by atoms with E-state index >= 15 is 0 Å². The Hall–Kier alpha value is -4.86. The second-order valence-corrected chi connectivity index (χ2v) is 7.47. The van der Waals surface area contributed by atoms with Gasteiger partial charge in [-0.15, -0.1) is 4.73 Å². The lowest BCUT2D eigenvalue weighted by atomic mass is 10.0. The quantitative estimate of drug-likeness (QED) is 0.352. The van der Waals surface area contributed by atoms with Crippen LogP contribution in [0.25, 0.3) is 22.2 Å². The van der Waals surface area contributed by atoms with Crippen LogP contribution in [0.3, 0.4) is 0 Å². The number of carbonyl (C=O) groups is 2. The number of aliphatic carboxylic acids is 1. The molecular weight excluding hydrogens is 454 g/mol. The lowest BCUT2D eigenvalue weighted by Crippen LogP contribution is -2.37. The first-order valence-corrected chi connectivity index (χ1v) is 10.5. The summed E-state index contributed by atoms with van der Waals surface area (Å²) in [6, 6.07) is 17.4. The van der Waals surface area contributed by atoms with Gasteiger partial charge in [-0.3, -0.25) is 19.4 Å². The van der Waals surface area contributed by atoms with Crippen LogP contribution >= 0.6 is 0 Å². The first-order chi connectivity index (χ1) is 16.9. The molecule has 2 aromatic carbocycles. The van der Waals surface area contributed by atoms with Crippen molar-refractivity contribution in [2.75, 3.05) is 13.7 Å². The molecule has 10 nitrogen and oxygen atoms in total. The monoisotopic (exact) mass is 475 g/mol. The summed E-state index contributed by atoms with van der Waals surface area (Å²) >= 11 is 0. The zero-order valence-corrected chi connectivity index (χ0v) is 18.6. The lowest BCUT2D eigenvalue weighted by Gasteiger charge is -2.16. The normalized spacial score (nSPS) is 10.7. The van der Waals surface area contributed by atoms with Gasteiger partial charge in [0.1, 0.15) is 24.7 Å². The van der Waals surface area contributed by atoms with E-state index in [-0.39, 0.29) is 17.5 Å². The summed E-state index contributed by atoms with van der Waals surface area (Å²) in [7, 11) is 1.52. The zero-order chi connectivity index (χ0) is 24.9. The maximum atomic E-state index is 13.2. The fourth-order valence-corrected chi connectivity index (χ4v) is 3.47. The molecule has 35 heavy (non-hydrogen) atoms. The number of amides is 1. The van der Waals surface area contributed by atoms with Crippen molar-refractivity contribution in [1.82, 2.24) is 15.0 Å². The number of hydrogen-bond acceptors (Lipinski definition) is 7. The first-order valence-electron chi connectivity index (χ1n) is 10.5. The van der Waals surface area contributed by atoms with Crippen LogP contribution in [0.4, 0.5) is 0 Å². The largest absolute Gasteiger partial charge is 0.506 e. The second kappa shape index (κ2) is 9.96. The minimum Gasteiger partial charge on any atom is -0.506 e. The van der Waals surface area contributed by atoms with Gasteiger partial charge >= 0.3 is 5.97 Å². The van der Waals surface area contributed by atoms with Crippen molar-refractivity contribution < 1.29 is 29.4 Å². The second-order valence-electron chi connectivity index (χ2n) is 7.47. The molecule has 0 saturated heterocycles. The van der Waals surface area contributed by atoms with Crippen molar-refractivity contribution in [1.29, 1.82) is 0 Å². The fourth-order valence-electron chi connectivity index (χ4n) is 3.47. The lowest BCUT2D eigenvalue weighted by molar-refractivity contribution is -0.135. The van der Waals surface area contributed by atoms with Gasteiger partial charge in [-0.2, -0.15) is 0 Å². The molecule has 4 aromatic rings. The molecule has 0 atom stereocenters. The number of hydrogen-bond donors (Lipinski definition) is 3. The van der Waals surface area contributed by atoms with E-state index in [1.807, 2.05) is 30.3 Å². The standard InChI is InChI=1S/C25H21N3O7/c1-34-17-8-9-19(26-12-17)16-7-10-20-18(11-16)23(31)22(24(32)27-13-21(29)30)25(33)28(20)35-14-15-5-3-2-4-6-15/h2-12,31H,13-14H2,1H3,(H,27,32)(H,29,30). The fraction of sp³-hybridized carbons (Fsp3) is 0.120. The average molecular weight is 475 g/mol. The number of nitrogens with one attached hydrogen (secondary N) is 1. The van der Waals surface area contributed by atoms with E-state index in [2.05, 4.69) is 10.3 Å². The molecule has 0 radical (unpaired) electrons. The third-order valence-corrected chi connectivity index (χ3v) is 5.20. The maximum Gasteiger partial charge on any atom is 0.322 e. The van der Waals surface area contributed by atoms with Gasteiger partial charge in [-0.25, -0.2) is 0 Å². The van der Waals surface area contributed by atoms with Crippen LogP contribution in [0.15, 0.2) is 71.7 Å². The number of carboxylic acids is 1. The van der Waals surface area contributed by atoms with Gasteiger partial charge in [-0.1, -0.05) is 36.4 Å². The summed E-state index contributed by atoms with van der Waals surface area (Å²) in [4.78, 5) is 46.8. The number of rotatable bonds is 8. The van der Waals surface area contributed by atoms with Gasteiger partial charge in [0, 0.05) is 10.9 Å². The number of methoxy groups -OCH3 is 1. The molecule has 4 rings (SSSR count). The number of fused-ring (bicyclic) bond motifs is 1. The van der Waals surface area contributed by atoms with Gasteiger partial charge in [0.2, 0.25) is 0 Å². The number of aromatic nitrogens is 2. The smallest absolute Gasteiger partial charge is 0.322 e. The summed E-state index contributed by atoms with van der Waals surface area (Å²) in [6.07, 6.45) is 1.54. The number of nitrogens with zero attached hydrogens (tertiary/aromatic N) is 2. The number of carbonyl (C=O) groups excluding carboxylic acids is 1. The molecule has 0 spiro atoms. The average Bonchev–Trinajstić information content (AvgIpc) is 2.88. The minimum atomic E-state index is -1.30. The van der Waals surface area contributed by atoms with E-state index in [4.69, 9.17) is 14.7 Å². The molecule has 0 aliphatic rings. The SMILES string of the molecule is COc1ccc(-c2ccc3c(c2)c(O)c(C(=O)NCC(=O)O)c(=O)n3OCc2ccccc2)nc1. The van der Waals surface area contributed by atoms with Crippen molar-refractivity contribution in [2.24, 2.45) is 0 Å². The Kier molecular flexibility index (Phi) is 6.63. The van der Waals surface area contributed by atoms with Gasteiger partial charge in [0.15, 0.2) is 5.56 Å². The maximum absolute atomic E-state index is 13.2. The molecule has 0 saturated carbocycles. The van der Waals surface area contributed by atoms with Crippen LogP contribution in [0.1, 0.15) is 15.9 Å². The predicted molar refractivity (Wildman–Crippen MR) is 126 cm³/mol. The Bertz CT molecular complexity index is 1450. The molecule has 0 unspecified atom stereocenters. The van der Waals surface area contributed by atoms with E-state index in [1.54, 1.807) is 30.3 Å². The highest BCUT2D eigenvalue weighted by atomic mass is 16.7. The number of ether oxygens (including phenoxy) is 1. The molecule has 3 N–H and O–H groups in total. The molecule has 0 bridgehead atoms. The highest BCUT2D eigenvalue weighted by Crippen LogP contribution is 2.30. The van der Waals surface area contributed by atoms with E-state index in [9.17, 15) is 19.5 Å². The van der Waals surface area contributed by atoms with E-state index < -0.39 is 35.3 Å². The summed E-state index contributed by atoms with van der Waals surface area (Å²) in [5, 5.41) is 22.1. The van der Waals surface area contributed by atoms with Crippen molar-refractivity contribution in [3.8, 4) is 22.8 Å². The summed E-state index contributed by atoms with van der Waals surface area (Å²) < 4.78 is 6.04. The third kappa shape index (κ3) is 4.91. The van der Waals surface area contributed by atoms with Crippen LogP contribution in [0, 0.1) is 0 Å². The molecule has 10 heteroatoms. The Morgan fingerprint density at radius 1 is 1.09 bits per heavy atom. The highest BCUT2D eigenvalue weighted by molar-refractivity contribution is 6.03. The zero-order valence-electron chi connectivity index (χ0n) is 18.6. The highest BCUT2D eigenvalue weighted by Gasteiger charge is 2.24. The molecular formula is C25H21N3O7. The molecule has 2 aromatic heterocycles. The van der Waals surface area contributed by atoms with Crippen LogP contribution < -0.4 is 20.5 Å². The minimum absolute atomic E-state index is 0.0125. The van der Waals surface area contributed by atoms with E-state index in [1.165, 1.54) is 13.3 Å². The number of aromatic hydroxyl groups is 1. The molecule has 0 aliphatic carbocycles. The number of carboxylic acid groups (broad SMARTS) is 1. The molecule has 178 valence electrons. The third-order valence-electron chi connectivity index (χ3n) is 5.20. The van der Waals surface area contributed by atoms with Gasteiger partial charge in [-0.05, 0) is 29.8 Å². The summed E-state index contributed by atoms with van der Waals surface area (Å²) in [5.74, 6) is -2.37. The van der Waals surface area contributed by atoms with Crippen molar-refractivity contribution in [3.05, 3.63) is 88.3 Å². The Morgan fingerprint density at radius 3 is 2.51 bits per heavy atom. The number of pyridine rings is 2. The van der Waals surface area contributed by atoms with Gasteiger partial charge < -0.3 is 25.1 Å². The first kappa shape index (κ1) is 23.3.